The second kappa shape index (κ2) is 6.74. The Hall–Kier alpha value is -3.23. The molecule has 0 atom stereocenters. The maximum Gasteiger partial charge on any atom is 0.235 e. The number of methoxy groups -OCH3 is 1. The van der Waals surface area contributed by atoms with Gasteiger partial charge in [0.15, 0.2) is 16.6 Å². The minimum Gasteiger partial charge on any atom is -0.497 e. The van der Waals surface area contributed by atoms with Gasteiger partial charge in [0.05, 0.1) is 7.11 Å². The molecule has 9 heteroatoms. The zero-order chi connectivity index (χ0) is 19.1. The van der Waals surface area contributed by atoms with Crippen molar-refractivity contribution in [3.8, 4) is 39.2 Å². The van der Waals surface area contributed by atoms with E-state index in [0.29, 0.717) is 32.3 Å². The highest BCUT2D eigenvalue weighted by molar-refractivity contribution is 7.19. The standard InChI is InChI=1S/C19H12ClN5O2S/c1-26-14-8-4-11(5-9-14)16-10-15(24-27-16)18-23-25-17(21-22-19(25)28-18)12-2-6-13(20)7-3-12/h2-10H,1H3. The van der Waals surface area contributed by atoms with Crippen molar-refractivity contribution in [2.75, 3.05) is 7.11 Å². The van der Waals surface area contributed by atoms with E-state index in [1.165, 1.54) is 11.3 Å². The van der Waals surface area contributed by atoms with E-state index in [1.54, 1.807) is 11.6 Å². The van der Waals surface area contributed by atoms with Crippen molar-refractivity contribution < 1.29 is 9.26 Å². The summed E-state index contributed by atoms with van der Waals surface area (Å²) >= 11 is 7.36. The minimum atomic E-state index is 0.642. The van der Waals surface area contributed by atoms with Gasteiger partial charge < -0.3 is 9.26 Å². The molecule has 0 bridgehead atoms. The van der Waals surface area contributed by atoms with Gasteiger partial charge in [0.25, 0.3) is 0 Å². The van der Waals surface area contributed by atoms with Crippen LogP contribution in [0.15, 0.2) is 59.1 Å². The number of ether oxygens (including phenoxy) is 1. The largest absolute Gasteiger partial charge is 0.497 e. The third kappa shape index (κ3) is 2.92. The van der Waals surface area contributed by atoms with E-state index in [4.69, 9.17) is 20.9 Å². The van der Waals surface area contributed by atoms with Gasteiger partial charge in [-0.2, -0.15) is 9.61 Å². The van der Waals surface area contributed by atoms with Gasteiger partial charge in [-0.1, -0.05) is 28.1 Å². The number of hydrogen-bond acceptors (Lipinski definition) is 7. The SMILES string of the molecule is COc1ccc(-c2cc(-c3nn4c(-c5ccc(Cl)cc5)nnc4s3)no2)cc1. The molecule has 28 heavy (non-hydrogen) atoms. The summed E-state index contributed by atoms with van der Waals surface area (Å²) in [6, 6.07) is 16.8. The van der Waals surface area contributed by atoms with Crippen LogP contribution in [0.4, 0.5) is 0 Å². The van der Waals surface area contributed by atoms with Crippen LogP contribution < -0.4 is 4.74 Å². The van der Waals surface area contributed by atoms with Crippen molar-refractivity contribution in [2.45, 2.75) is 0 Å². The maximum absolute atomic E-state index is 5.96. The summed E-state index contributed by atoms with van der Waals surface area (Å²) in [4.78, 5) is 0.675. The highest BCUT2D eigenvalue weighted by Gasteiger charge is 2.17. The Labute approximate surface area is 168 Å². The molecule has 0 fully saturated rings. The van der Waals surface area contributed by atoms with E-state index in [0.717, 1.165) is 16.9 Å². The lowest BCUT2D eigenvalue weighted by Gasteiger charge is -1.99. The van der Waals surface area contributed by atoms with Crippen LogP contribution in [0.1, 0.15) is 0 Å². The Morgan fingerprint density at radius 2 is 1.75 bits per heavy atom. The minimum absolute atomic E-state index is 0.642. The van der Waals surface area contributed by atoms with Crippen LogP contribution in [0, 0.1) is 0 Å². The number of fused-ring (bicyclic) bond motifs is 1. The van der Waals surface area contributed by atoms with Crippen LogP contribution >= 0.6 is 22.9 Å². The molecule has 138 valence electrons. The molecule has 0 aliphatic rings. The van der Waals surface area contributed by atoms with E-state index in [1.807, 2.05) is 54.6 Å². The van der Waals surface area contributed by atoms with Crippen LogP contribution in [0.3, 0.4) is 0 Å². The fourth-order valence-electron chi connectivity index (χ4n) is 2.77. The van der Waals surface area contributed by atoms with E-state index in [-0.39, 0.29) is 0 Å². The summed E-state index contributed by atoms with van der Waals surface area (Å²) in [5, 5.41) is 18.6. The Kier molecular flexibility index (Phi) is 4.07. The van der Waals surface area contributed by atoms with Gasteiger partial charge in [-0.05, 0) is 48.5 Å². The second-order valence-corrected chi connectivity index (χ2v) is 7.33. The zero-order valence-electron chi connectivity index (χ0n) is 14.5. The molecule has 0 amide bonds. The predicted molar refractivity (Wildman–Crippen MR) is 107 cm³/mol. The molecule has 0 N–H and O–H groups in total. The predicted octanol–water partition coefficient (Wildman–Crippen LogP) is 4.84. The number of aromatic nitrogens is 5. The van der Waals surface area contributed by atoms with E-state index in [9.17, 15) is 0 Å². The van der Waals surface area contributed by atoms with Gasteiger partial charge in [0, 0.05) is 22.2 Å². The number of benzene rings is 2. The number of hydrogen-bond donors (Lipinski definition) is 0. The molecule has 7 nitrogen and oxygen atoms in total. The molecule has 0 radical (unpaired) electrons. The molecule has 0 spiro atoms. The normalized spacial score (nSPS) is 11.2. The van der Waals surface area contributed by atoms with Crippen molar-refractivity contribution in [1.82, 2.24) is 25.0 Å². The van der Waals surface area contributed by atoms with Crippen molar-refractivity contribution in [3.05, 3.63) is 59.6 Å². The van der Waals surface area contributed by atoms with Crippen LogP contribution in [0.2, 0.25) is 5.02 Å². The van der Waals surface area contributed by atoms with Gasteiger partial charge in [-0.3, -0.25) is 0 Å². The van der Waals surface area contributed by atoms with Crippen molar-refractivity contribution in [1.29, 1.82) is 0 Å². The Morgan fingerprint density at radius 3 is 2.50 bits per heavy atom. The molecule has 5 aromatic rings. The molecule has 3 heterocycles. The zero-order valence-corrected chi connectivity index (χ0v) is 16.1. The Bertz CT molecular complexity index is 1260. The average Bonchev–Trinajstić information content (AvgIpc) is 3.44. The maximum atomic E-state index is 5.96. The molecule has 2 aromatic carbocycles. The highest BCUT2D eigenvalue weighted by Crippen LogP contribution is 2.31. The molecule has 0 aliphatic carbocycles. The summed E-state index contributed by atoms with van der Waals surface area (Å²) in [5.41, 5.74) is 2.43. The smallest absolute Gasteiger partial charge is 0.235 e. The molecule has 0 saturated heterocycles. The third-order valence-corrected chi connectivity index (χ3v) is 5.37. The molecule has 5 rings (SSSR count). The third-order valence-electron chi connectivity index (χ3n) is 4.20. The summed E-state index contributed by atoms with van der Waals surface area (Å²) < 4.78 is 12.4. The van der Waals surface area contributed by atoms with Crippen molar-refractivity contribution >= 4 is 27.9 Å². The van der Waals surface area contributed by atoms with Crippen molar-refractivity contribution in [3.63, 3.8) is 0 Å². The van der Waals surface area contributed by atoms with Crippen LogP contribution in [0.5, 0.6) is 5.75 Å². The quantitative estimate of drug-likeness (QED) is 0.422. The monoisotopic (exact) mass is 409 g/mol. The first-order valence-corrected chi connectivity index (χ1v) is 9.50. The van der Waals surface area contributed by atoms with Crippen molar-refractivity contribution in [2.24, 2.45) is 0 Å². The van der Waals surface area contributed by atoms with Gasteiger partial charge in [-0.25, -0.2) is 0 Å². The first-order valence-electron chi connectivity index (χ1n) is 8.31. The molecular formula is C19H12ClN5O2S. The molecule has 0 unspecified atom stereocenters. The highest BCUT2D eigenvalue weighted by atomic mass is 35.5. The fraction of sp³-hybridized carbons (Fsp3) is 0.0526. The summed E-state index contributed by atoms with van der Waals surface area (Å²) in [6.07, 6.45) is 0. The lowest BCUT2D eigenvalue weighted by molar-refractivity contribution is 0.414. The van der Waals surface area contributed by atoms with Gasteiger partial charge in [0.2, 0.25) is 4.96 Å². The summed E-state index contributed by atoms with van der Waals surface area (Å²) in [5.74, 6) is 2.08. The van der Waals surface area contributed by atoms with Gasteiger partial charge >= 0.3 is 0 Å². The Balaban J connectivity index is 1.50. The molecule has 0 aliphatic heterocycles. The van der Waals surface area contributed by atoms with E-state index < -0.39 is 0 Å². The van der Waals surface area contributed by atoms with Gasteiger partial charge in [0.1, 0.15) is 11.4 Å². The molecule has 3 aromatic heterocycles. The van der Waals surface area contributed by atoms with E-state index >= 15 is 0 Å². The number of nitrogens with zero attached hydrogens (tertiary/aromatic N) is 5. The number of halogens is 1. The number of rotatable bonds is 4. The topological polar surface area (TPSA) is 78.3 Å². The van der Waals surface area contributed by atoms with Crippen LogP contribution in [-0.4, -0.2) is 32.1 Å². The first-order chi connectivity index (χ1) is 13.7. The fourth-order valence-corrected chi connectivity index (χ4v) is 3.68. The summed E-state index contributed by atoms with van der Waals surface area (Å²) in [7, 11) is 1.63. The van der Waals surface area contributed by atoms with Gasteiger partial charge in [-0.15, -0.1) is 10.2 Å². The first kappa shape index (κ1) is 16.9. The van der Waals surface area contributed by atoms with E-state index in [2.05, 4.69) is 20.5 Å². The summed E-state index contributed by atoms with van der Waals surface area (Å²) in [6.45, 7) is 0. The molecular weight excluding hydrogens is 398 g/mol. The average molecular weight is 410 g/mol. The van der Waals surface area contributed by atoms with Crippen LogP contribution in [0.25, 0.3) is 38.4 Å². The van der Waals surface area contributed by atoms with Crippen LogP contribution in [-0.2, 0) is 0 Å². The second-order valence-electron chi connectivity index (χ2n) is 5.94. The lowest BCUT2D eigenvalue weighted by atomic mass is 10.1. The molecule has 0 saturated carbocycles. The Morgan fingerprint density at radius 1 is 1.00 bits per heavy atom. The lowest BCUT2D eigenvalue weighted by Crippen LogP contribution is -1.90.